The van der Waals surface area contributed by atoms with Crippen molar-refractivity contribution in [3.63, 3.8) is 0 Å². The van der Waals surface area contributed by atoms with E-state index in [9.17, 15) is 22.8 Å². The minimum atomic E-state index is -3.43. The fourth-order valence-electron chi connectivity index (χ4n) is 3.19. The van der Waals surface area contributed by atoms with E-state index >= 15 is 0 Å². The second-order valence-electron chi connectivity index (χ2n) is 6.70. The van der Waals surface area contributed by atoms with Gasteiger partial charge in [0.1, 0.15) is 6.04 Å². The van der Waals surface area contributed by atoms with Gasteiger partial charge in [-0.15, -0.1) is 0 Å². The van der Waals surface area contributed by atoms with E-state index in [2.05, 4.69) is 21.3 Å². The highest BCUT2D eigenvalue weighted by atomic mass is 32.2. The summed E-state index contributed by atoms with van der Waals surface area (Å²) in [6.07, 6.45) is 2.52. The van der Waals surface area contributed by atoms with Crippen molar-refractivity contribution in [1.29, 1.82) is 0 Å². The average molecular weight is 404 g/mol. The lowest BCUT2D eigenvalue weighted by Gasteiger charge is -2.29. The molecule has 28 heavy (non-hydrogen) atoms. The van der Waals surface area contributed by atoms with Crippen molar-refractivity contribution >= 4 is 27.8 Å². The number of nitrogens with zero attached hydrogens (tertiary/aromatic N) is 1. The molecule has 9 heteroatoms. The van der Waals surface area contributed by atoms with Crippen molar-refractivity contribution in [3.05, 3.63) is 34.9 Å². The van der Waals surface area contributed by atoms with Crippen LogP contribution >= 0.6 is 0 Å². The molecule has 3 rings (SSSR count). The van der Waals surface area contributed by atoms with Gasteiger partial charge in [0.2, 0.25) is 11.8 Å². The first kappa shape index (κ1) is 20.0. The lowest BCUT2D eigenvalue weighted by molar-refractivity contribution is -0.136. The Bertz CT molecular complexity index is 989. The van der Waals surface area contributed by atoms with Gasteiger partial charge in [0.15, 0.2) is 0 Å². The van der Waals surface area contributed by atoms with Crippen molar-refractivity contribution in [3.8, 4) is 11.8 Å². The van der Waals surface area contributed by atoms with Crippen molar-refractivity contribution in [1.82, 2.24) is 10.2 Å². The molecule has 0 aromatic heterocycles. The van der Waals surface area contributed by atoms with Crippen LogP contribution in [0, 0.1) is 11.8 Å². The van der Waals surface area contributed by atoms with E-state index in [0.29, 0.717) is 31.4 Å². The van der Waals surface area contributed by atoms with Crippen molar-refractivity contribution in [2.24, 2.45) is 0 Å². The van der Waals surface area contributed by atoms with Crippen LogP contribution in [0.25, 0.3) is 0 Å². The van der Waals surface area contributed by atoms with Crippen molar-refractivity contribution in [2.45, 2.75) is 38.3 Å². The molecule has 3 amide bonds. The van der Waals surface area contributed by atoms with Crippen LogP contribution < -0.4 is 5.32 Å². The second kappa shape index (κ2) is 8.12. The monoisotopic (exact) mass is 404 g/mol. The summed E-state index contributed by atoms with van der Waals surface area (Å²) in [4.78, 5) is 37.5. The van der Waals surface area contributed by atoms with Crippen LogP contribution in [0.1, 0.15) is 47.2 Å². The van der Waals surface area contributed by atoms with E-state index in [1.54, 1.807) is 12.1 Å². The van der Waals surface area contributed by atoms with Gasteiger partial charge in [-0.3, -0.25) is 23.9 Å². The molecule has 0 aliphatic carbocycles. The Hall–Kier alpha value is -2.70. The summed E-state index contributed by atoms with van der Waals surface area (Å²) in [7, 11) is -3.43. The van der Waals surface area contributed by atoms with Crippen LogP contribution in [0.2, 0.25) is 0 Å². The summed E-state index contributed by atoms with van der Waals surface area (Å²) in [5.74, 6) is 4.97. The number of hydrogen-bond acceptors (Lipinski definition) is 6. The van der Waals surface area contributed by atoms with Gasteiger partial charge in [0, 0.05) is 30.5 Å². The zero-order chi connectivity index (χ0) is 20.3. The number of hydrogen-bond donors (Lipinski definition) is 1. The lowest BCUT2D eigenvalue weighted by atomic mass is 10.0. The SMILES string of the molecule is CS(=O)(=O)OCCCC#Cc1ccc2c(c1)CN(C1CCC(=O)NC1=O)C2=O. The van der Waals surface area contributed by atoms with Gasteiger partial charge in [-0.1, -0.05) is 11.8 Å². The smallest absolute Gasteiger partial charge is 0.264 e. The molecule has 1 atom stereocenters. The van der Waals surface area contributed by atoms with Gasteiger partial charge in [-0.2, -0.15) is 8.42 Å². The van der Waals surface area contributed by atoms with Gasteiger partial charge in [-0.05, 0) is 36.6 Å². The fraction of sp³-hybridized carbons (Fsp3) is 0.421. The lowest BCUT2D eigenvalue weighted by Crippen LogP contribution is -2.52. The van der Waals surface area contributed by atoms with Crippen LogP contribution in [0.4, 0.5) is 0 Å². The molecule has 1 N–H and O–H groups in total. The third kappa shape index (κ3) is 4.77. The first-order valence-electron chi connectivity index (χ1n) is 8.85. The molecule has 148 valence electrons. The topological polar surface area (TPSA) is 110 Å². The van der Waals surface area contributed by atoms with E-state index in [1.807, 2.05) is 6.07 Å². The Morgan fingerprint density at radius 1 is 1.29 bits per heavy atom. The van der Waals surface area contributed by atoms with E-state index in [-0.39, 0.29) is 24.8 Å². The zero-order valence-corrected chi connectivity index (χ0v) is 16.2. The number of carbonyl (C=O) groups is 3. The van der Waals surface area contributed by atoms with Crippen molar-refractivity contribution < 1.29 is 27.0 Å². The van der Waals surface area contributed by atoms with Crippen LogP contribution in [0.5, 0.6) is 0 Å². The predicted molar refractivity (Wildman–Crippen MR) is 99.4 cm³/mol. The fourth-order valence-corrected chi connectivity index (χ4v) is 3.61. The zero-order valence-electron chi connectivity index (χ0n) is 15.4. The average Bonchev–Trinajstić information content (AvgIpc) is 2.93. The summed E-state index contributed by atoms with van der Waals surface area (Å²) in [6, 6.07) is 4.62. The van der Waals surface area contributed by atoms with Crippen LogP contribution in [0.3, 0.4) is 0 Å². The molecule has 2 aliphatic rings. The number of fused-ring (bicyclic) bond motifs is 1. The van der Waals surface area contributed by atoms with Gasteiger partial charge in [-0.25, -0.2) is 0 Å². The van der Waals surface area contributed by atoms with E-state index < -0.39 is 22.1 Å². The second-order valence-corrected chi connectivity index (χ2v) is 8.35. The molecule has 0 bridgehead atoms. The van der Waals surface area contributed by atoms with Gasteiger partial charge < -0.3 is 4.90 Å². The third-order valence-electron chi connectivity index (χ3n) is 4.50. The minimum Gasteiger partial charge on any atom is -0.322 e. The molecule has 1 aromatic carbocycles. The molecular formula is C19H20N2O6S. The number of benzene rings is 1. The Labute approximate surface area is 163 Å². The predicted octanol–water partition coefficient (Wildman–Crippen LogP) is 0.555. The number of amides is 3. The van der Waals surface area contributed by atoms with Gasteiger partial charge in [0.25, 0.3) is 16.0 Å². The molecule has 2 aliphatic heterocycles. The first-order valence-corrected chi connectivity index (χ1v) is 10.7. The van der Waals surface area contributed by atoms with Gasteiger partial charge in [0.05, 0.1) is 12.9 Å². The molecule has 2 heterocycles. The highest BCUT2D eigenvalue weighted by Gasteiger charge is 2.38. The highest BCUT2D eigenvalue weighted by molar-refractivity contribution is 7.85. The normalized spacial score (nSPS) is 19.1. The molecule has 0 radical (unpaired) electrons. The summed E-state index contributed by atoms with van der Waals surface area (Å²) >= 11 is 0. The Morgan fingerprint density at radius 3 is 2.79 bits per heavy atom. The number of imide groups is 1. The maximum absolute atomic E-state index is 12.6. The molecule has 1 aromatic rings. The van der Waals surface area contributed by atoms with E-state index in [4.69, 9.17) is 0 Å². The standard InChI is InChI=1S/C19H20N2O6S/c1-28(25,26)27-10-4-2-3-5-13-6-7-15-14(11-13)12-21(19(15)24)16-8-9-17(22)20-18(16)23/h6-7,11,16H,2,4,8-10,12H2,1H3,(H,20,22,23). The summed E-state index contributed by atoms with van der Waals surface area (Å²) in [5, 5.41) is 2.28. The van der Waals surface area contributed by atoms with Crippen LogP contribution in [0.15, 0.2) is 18.2 Å². The largest absolute Gasteiger partial charge is 0.322 e. The molecule has 0 saturated carbocycles. The summed E-state index contributed by atoms with van der Waals surface area (Å²) < 4.78 is 26.4. The summed E-state index contributed by atoms with van der Waals surface area (Å²) in [6.45, 7) is 0.394. The number of piperidine rings is 1. The quantitative estimate of drug-likeness (QED) is 0.332. The number of unbranched alkanes of at least 4 members (excludes halogenated alkanes) is 1. The molecule has 8 nitrogen and oxygen atoms in total. The van der Waals surface area contributed by atoms with Crippen molar-refractivity contribution in [2.75, 3.05) is 12.9 Å². The molecule has 1 unspecified atom stereocenters. The van der Waals surface area contributed by atoms with E-state index in [1.165, 1.54) is 4.90 Å². The maximum Gasteiger partial charge on any atom is 0.264 e. The summed E-state index contributed by atoms with van der Waals surface area (Å²) in [5.41, 5.74) is 2.07. The van der Waals surface area contributed by atoms with Crippen LogP contribution in [-0.2, 0) is 30.4 Å². The Balaban J connectivity index is 1.61. The van der Waals surface area contributed by atoms with E-state index in [0.717, 1.165) is 17.4 Å². The highest BCUT2D eigenvalue weighted by Crippen LogP contribution is 2.28. The minimum absolute atomic E-state index is 0.0904. The molecule has 1 saturated heterocycles. The maximum atomic E-state index is 12.6. The van der Waals surface area contributed by atoms with Gasteiger partial charge >= 0.3 is 0 Å². The third-order valence-corrected chi connectivity index (χ3v) is 5.09. The molecule has 1 fully saturated rings. The first-order chi connectivity index (χ1) is 13.2. The number of carbonyl (C=O) groups excluding carboxylic acids is 3. The number of rotatable bonds is 5. The number of nitrogens with one attached hydrogen (secondary N) is 1. The Morgan fingerprint density at radius 2 is 2.07 bits per heavy atom. The molecule has 0 spiro atoms. The van der Waals surface area contributed by atoms with Crippen LogP contribution in [-0.4, -0.2) is 49.9 Å². The Kier molecular flexibility index (Phi) is 5.82. The molecular weight excluding hydrogens is 384 g/mol.